The average Bonchev–Trinajstić information content (AvgIpc) is 3.17. The van der Waals surface area contributed by atoms with Gasteiger partial charge in [0.1, 0.15) is 17.8 Å². The second kappa shape index (κ2) is 8.90. The smallest absolute Gasteiger partial charge is 0.330 e. The zero-order valence-corrected chi connectivity index (χ0v) is 17.6. The molecule has 0 saturated heterocycles. The van der Waals surface area contributed by atoms with Gasteiger partial charge in [0.05, 0.1) is 28.4 Å². The van der Waals surface area contributed by atoms with Crippen molar-refractivity contribution in [2.45, 2.75) is 18.9 Å². The predicted molar refractivity (Wildman–Crippen MR) is 110 cm³/mol. The first-order chi connectivity index (χ1) is 14.4. The summed E-state index contributed by atoms with van der Waals surface area (Å²) in [7, 11) is 5.74. The summed E-state index contributed by atoms with van der Waals surface area (Å²) >= 11 is 0. The van der Waals surface area contributed by atoms with Gasteiger partial charge in [0, 0.05) is 11.6 Å². The third kappa shape index (κ3) is 3.83. The molecule has 158 valence electrons. The number of fused-ring (bicyclic) bond motifs is 1. The van der Waals surface area contributed by atoms with Crippen molar-refractivity contribution in [3.63, 3.8) is 0 Å². The number of hydrogen-bond acceptors (Lipinski definition) is 7. The first-order valence-electron chi connectivity index (χ1n) is 9.31. The fourth-order valence-electron chi connectivity index (χ4n) is 3.56. The fourth-order valence-corrected chi connectivity index (χ4v) is 3.56. The Hall–Kier alpha value is -3.48. The van der Waals surface area contributed by atoms with E-state index in [1.807, 2.05) is 25.1 Å². The van der Waals surface area contributed by atoms with E-state index >= 15 is 0 Å². The summed E-state index contributed by atoms with van der Waals surface area (Å²) in [6, 6.07) is 9.12. The van der Waals surface area contributed by atoms with Crippen molar-refractivity contribution in [3.8, 4) is 17.2 Å². The first kappa shape index (κ1) is 21.2. The summed E-state index contributed by atoms with van der Waals surface area (Å²) < 4.78 is 26.9. The number of carbonyl (C=O) groups excluding carboxylic acids is 2. The summed E-state index contributed by atoms with van der Waals surface area (Å²) in [5, 5.41) is 0. The number of methoxy groups -OCH3 is 4. The van der Waals surface area contributed by atoms with Crippen molar-refractivity contribution >= 4 is 18.0 Å². The van der Waals surface area contributed by atoms with Gasteiger partial charge in [0.2, 0.25) is 0 Å². The topological polar surface area (TPSA) is 80.3 Å². The van der Waals surface area contributed by atoms with Gasteiger partial charge in [-0.15, -0.1) is 0 Å². The van der Waals surface area contributed by atoms with Gasteiger partial charge in [0.15, 0.2) is 11.5 Å². The molecule has 0 aliphatic carbocycles. The van der Waals surface area contributed by atoms with E-state index in [2.05, 4.69) is 4.74 Å². The molecule has 2 aromatic carbocycles. The van der Waals surface area contributed by atoms with Gasteiger partial charge in [-0.2, -0.15) is 0 Å². The highest BCUT2D eigenvalue weighted by Gasteiger charge is 2.44. The monoisotopic (exact) mass is 412 g/mol. The average molecular weight is 412 g/mol. The highest BCUT2D eigenvalue weighted by molar-refractivity contribution is 5.90. The molecule has 0 radical (unpaired) electrons. The molecule has 30 heavy (non-hydrogen) atoms. The minimum absolute atomic E-state index is 0.435. The first-order valence-corrected chi connectivity index (χ1v) is 9.31. The Morgan fingerprint density at radius 3 is 2.33 bits per heavy atom. The van der Waals surface area contributed by atoms with Crippen LogP contribution in [0.5, 0.6) is 17.2 Å². The van der Waals surface area contributed by atoms with E-state index in [1.54, 1.807) is 25.3 Å². The maximum absolute atomic E-state index is 12.8. The maximum atomic E-state index is 12.8. The van der Waals surface area contributed by atoms with Gasteiger partial charge in [-0.25, -0.2) is 4.79 Å². The van der Waals surface area contributed by atoms with Crippen LogP contribution < -0.4 is 14.2 Å². The molecule has 0 N–H and O–H groups in total. The third-order valence-electron chi connectivity index (χ3n) is 5.09. The van der Waals surface area contributed by atoms with Gasteiger partial charge in [-0.05, 0) is 41.8 Å². The van der Waals surface area contributed by atoms with Crippen LogP contribution in [0.1, 0.15) is 34.3 Å². The molecule has 2 aromatic rings. The molecule has 7 nitrogen and oxygen atoms in total. The Morgan fingerprint density at radius 1 is 0.967 bits per heavy atom. The van der Waals surface area contributed by atoms with E-state index in [-0.39, 0.29) is 0 Å². The normalized spacial score (nSPS) is 17.2. The lowest BCUT2D eigenvalue weighted by Crippen LogP contribution is -2.20. The Labute approximate surface area is 175 Å². The molecule has 7 heteroatoms. The van der Waals surface area contributed by atoms with Crippen LogP contribution in [0.15, 0.2) is 36.4 Å². The highest BCUT2D eigenvalue weighted by Crippen LogP contribution is 2.52. The molecule has 0 spiro atoms. The van der Waals surface area contributed by atoms with Crippen molar-refractivity contribution < 1.29 is 33.3 Å². The minimum Gasteiger partial charge on any atom is -0.496 e. The molecule has 0 aromatic heterocycles. The van der Waals surface area contributed by atoms with Gasteiger partial charge >= 0.3 is 11.9 Å². The molecule has 3 rings (SSSR count). The number of rotatable bonds is 6. The molecule has 0 bridgehead atoms. The van der Waals surface area contributed by atoms with Crippen molar-refractivity contribution in [2.24, 2.45) is 0 Å². The summed E-state index contributed by atoms with van der Waals surface area (Å²) in [6.07, 6.45) is 2.23. The van der Waals surface area contributed by atoms with Gasteiger partial charge in [0.25, 0.3) is 0 Å². The van der Waals surface area contributed by atoms with Crippen LogP contribution in [0.25, 0.3) is 6.08 Å². The van der Waals surface area contributed by atoms with Crippen LogP contribution in [-0.2, 0) is 19.1 Å². The number of benzene rings is 2. The Kier molecular flexibility index (Phi) is 6.30. The second-order valence-corrected chi connectivity index (χ2v) is 6.72. The molecule has 0 saturated carbocycles. The number of aryl methyl sites for hydroxylation is 1. The molecular weight excluding hydrogens is 388 g/mol. The lowest BCUT2D eigenvalue weighted by atomic mass is 9.87. The fraction of sp³-hybridized carbons (Fsp3) is 0.304. The zero-order chi connectivity index (χ0) is 21.8. The van der Waals surface area contributed by atoms with Crippen molar-refractivity contribution in [1.29, 1.82) is 0 Å². The molecule has 2 atom stereocenters. The van der Waals surface area contributed by atoms with Crippen LogP contribution in [0, 0.1) is 6.92 Å². The second-order valence-electron chi connectivity index (χ2n) is 6.72. The number of hydrogen-bond donors (Lipinski definition) is 0. The van der Waals surface area contributed by atoms with Crippen LogP contribution in [0.2, 0.25) is 0 Å². The molecule has 1 aliphatic heterocycles. The van der Waals surface area contributed by atoms with Crippen LogP contribution in [0.4, 0.5) is 0 Å². The number of ether oxygens (including phenoxy) is 5. The van der Waals surface area contributed by atoms with Crippen LogP contribution in [-0.4, -0.2) is 40.4 Å². The standard InChI is InChI=1S/C23H24O7/c1-13-6-7-15(12-17(13)27-3)21-20(23(25)29-5)19-14(9-11-18(24)28-4)8-10-16(26-2)22(19)30-21/h6-12,20-21H,1-5H3/b11-9+. The molecular formula is C23H24O7. The Bertz CT molecular complexity index is 993. The molecule has 0 amide bonds. The number of esters is 2. The minimum atomic E-state index is -0.759. The van der Waals surface area contributed by atoms with E-state index < -0.39 is 24.0 Å². The van der Waals surface area contributed by atoms with Crippen molar-refractivity contribution in [1.82, 2.24) is 0 Å². The number of carbonyl (C=O) groups is 2. The van der Waals surface area contributed by atoms with Crippen LogP contribution >= 0.6 is 0 Å². The largest absolute Gasteiger partial charge is 0.496 e. The quantitative estimate of drug-likeness (QED) is 0.530. The third-order valence-corrected chi connectivity index (χ3v) is 5.09. The molecule has 2 unspecified atom stereocenters. The Balaban J connectivity index is 2.17. The van der Waals surface area contributed by atoms with E-state index in [9.17, 15) is 9.59 Å². The van der Waals surface area contributed by atoms with E-state index in [0.717, 1.165) is 11.1 Å². The maximum Gasteiger partial charge on any atom is 0.330 e. The van der Waals surface area contributed by atoms with Gasteiger partial charge in [-0.1, -0.05) is 18.2 Å². The highest BCUT2D eigenvalue weighted by atomic mass is 16.5. The summed E-state index contributed by atoms with van der Waals surface area (Å²) in [6.45, 7) is 1.93. The lowest BCUT2D eigenvalue weighted by Gasteiger charge is -2.19. The SMILES string of the molecule is COC(=O)/C=C/c1ccc(OC)c2c1C(C(=O)OC)C(c1ccc(C)c(OC)c1)O2. The van der Waals surface area contributed by atoms with Crippen LogP contribution in [0.3, 0.4) is 0 Å². The lowest BCUT2D eigenvalue weighted by molar-refractivity contribution is -0.144. The van der Waals surface area contributed by atoms with E-state index in [1.165, 1.54) is 27.4 Å². The Morgan fingerprint density at radius 2 is 1.70 bits per heavy atom. The van der Waals surface area contributed by atoms with Crippen molar-refractivity contribution in [2.75, 3.05) is 28.4 Å². The molecule has 0 fully saturated rings. The predicted octanol–water partition coefficient (Wildman–Crippen LogP) is 3.59. The van der Waals surface area contributed by atoms with Gasteiger partial charge < -0.3 is 23.7 Å². The molecule has 1 aliphatic rings. The summed E-state index contributed by atoms with van der Waals surface area (Å²) in [4.78, 5) is 24.4. The van der Waals surface area contributed by atoms with Crippen molar-refractivity contribution in [3.05, 3.63) is 58.7 Å². The molecule has 1 heterocycles. The van der Waals surface area contributed by atoms with E-state index in [0.29, 0.717) is 28.4 Å². The van der Waals surface area contributed by atoms with Gasteiger partial charge in [-0.3, -0.25) is 4.79 Å². The van der Waals surface area contributed by atoms with E-state index in [4.69, 9.17) is 18.9 Å². The summed E-state index contributed by atoms with van der Waals surface area (Å²) in [5.41, 5.74) is 2.94. The zero-order valence-electron chi connectivity index (χ0n) is 17.6. The summed E-state index contributed by atoms with van der Waals surface area (Å²) in [5.74, 6) is -0.120.